The van der Waals surface area contributed by atoms with Crippen molar-refractivity contribution in [2.24, 2.45) is 5.41 Å². The molecule has 0 atom stereocenters. The summed E-state index contributed by atoms with van der Waals surface area (Å²) in [7, 11) is 0. The lowest BCUT2D eigenvalue weighted by Gasteiger charge is -2.37. The third-order valence-corrected chi connectivity index (χ3v) is 5.12. The fourth-order valence-electron chi connectivity index (χ4n) is 3.77. The number of benzene rings is 1. The van der Waals surface area contributed by atoms with Gasteiger partial charge in [0.25, 0.3) is 5.91 Å². The highest BCUT2D eigenvalue weighted by atomic mass is 16.2. The van der Waals surface area contributed by atoms with Gasteiger partial charge in [-0.1, -0.05) is 20.8 Å². The van der Waals surface area contributed by atoms with Crippen LogP contribution in [0, 0.1) is 12.3 Å². The molecule has 2 amide bonds. The molecule has 146 valence electrons. The standard InChI is InChI=1S/C21H30N4O2/c1-14(2)25-15(3)22-17-13-16(7-8-18(17)25)19(26)23-9-11-24(12-10-23)20(27)21(4,5)6/h7-8,13-14H,9-12H2,1-6H3. The number of rotatable bonds is 2. The molecule has 0 N–H and O–H groups in total. The van der Waals surface area contributed by atoms with E-state index in [1.165, 1.54) is 0 Å². The highest BCUT2D eigenvalue weighted by Crippen LogP contribution is 2.23. The molecule has 2 aromatic rings. The highest BCUT2D eigenvalue weighted by molar-refractivity contribution is 5.97. The molecular formula is C21H30N4O2. The van der Waals surface area contributed by atoms with Gasteiger partial charge in [-0.25, -0.2) is 4.98 Å². The van der Waals surface area contributed by atoms with Crippen LogP contribution in [0.5, 0.6) is 0 Å². The number of aromatic nitrogens is 2. The van der Waals surface area contributed by atoms with Gasteiger partial charge in [0.05, 0.1) is 11.0 Å². The van der Waals surface area contributed by atoms with Crippen LogP contribution in [0.3, 0.4) is 0 Å². The van der Waals surface area contributed by atoms with Gasteiger partial charge in [-0.3, -0.25) is 9.59 Å². The molecule has 2 heterocycles. The van der Waals surface area contributed by atoms with Crippen LogP contribution in [0.4, 0.5) is 0 Å². The van der Waals surface area contributed by atoms with Crippen LogP contribution in [0.2, 0.25) is 0 Å². The molecule has 6 heteroatoms. The van der Waals surface area contributed by atoms with E-state index in [0.29, 0.717) is 37.8 Å². The number of piperazine rings is 1. The van der Waals surface area contributed by atoms with Crippen molar-refractivity contribution in [3.8, 4) is 0 Å². The van der Waals surface area contributed by atoms with E-state index in [1.807, 2.05) is 55.7 Å². The Morgan fingerprint density at radius 2 is 1.63 bits per heavy atom. The van der Waals surface area contributed by atoms with Gasteiger partial charge in [-0.2, -0.15) is 0 Å². The first-order valence-electron chi connectivity index (χ1n) is 9.67. The first kappa shape index (κ1) is 19.4. The first-order valence-corrected chi connectivity index (χ1v) is 9.67. The molecule has 0 saturated carbocycles. The zero-order chi connectivity index (χ0) is 19.9. The maximum atomic E-state index is 12.9. The monoisotopic (exact) mass is 370 g/mol. The van der Waals surface area contributed by atoms with Crippen molar-refractivity contribution in [2.75, 3.05) is 26.2 Å². The molecule has 0 unspecified atom stereocenters. The van der Waals surface area contributed by atoms with Crippen LogP contribution in [-0.4, -0.2) is 57.3 Å². The molecule has 0 spiro atoms. The van der Waals surface area contributed by atoms with Gasteiger partial charge in [-0.05, 0) is 39.0 Å². The Balaban J connectivity index is 1.75. The predicted octanol–water partition coefficient (Wildman–Crippen LogP) is 3.26. The van der Waals surface area contributed by atoms with Gasteiger partial charge in [-0.15, -0.1) is 0 Å². The van der Waals surface area contributed by atoms with Gasteiger partial charge in [0.2, 0.25) is 5.91 Å². The molecule has 6 nitrogen and oxygen atoms in total. The van der Waals surface area contributed by atoms with E-state index in [-0.39, 0.29) is 17.2 Å². The van der Waals surface area contributed by atoms with Crippen LogP contribution >= 0.6 is 0 Å². The lowest BCUT2D eigenvalue weighted by molar-refractivity contribution is -0.140. The molecule has 1 aromatic heterocycles. The Kier molecular flexibility index (Phi) is 5.02. The minimum atomic E-state index is -0.385. The Bertz CT molecular complexity index is 868. The molecule has 27 heavy (non-hydrogen) atoms. The number of imidazole rings is 1. The van der Waals surface area contributed by atoms with Crippen molar-refractivity contribution in [2.45, 2.75) is 47.6 Å². The molecule has 1 aliphatic rings. The summed E-state index contributed by atoms with van der Waals surface area (Å²) in [5, 5.41) is 0. The summed E-state index contributed by atoms with van der Waals surface area (Å²) >= 11 is 0. The lowest BCUT2D eigenvalue weighted by Crippen LogP contribution is -2.53. The Morgan fingerprint density at radius 1 is 1.04 bits per heavy atom. The number of amides is 2. The third-order valence-electron chi connectivity index (χ3n) is 5.12. The zero-order valence-corrected chi connectivity index (χ0v) is 17.2. The van der Waals surface area contributed by atoms with Gasteiger partial charge >= 0.3 is 0 Å². The second kappa shape index (κ2) is 6.98. The maximum Gasteiger partial charge on any atom is 0.254 e. The van der Waals surface area contributed by atoms with Crippen molar-refractivity contribution < 1.29 is 9.59 Å². The average molecular weight is 370 g/mol. The maximum absolute atomic E-state index is 12.9. The summed E-state index contributed by atoms with van der Waals surface area (Å²) in [6.07, 6.45) is 0. The van der Waals surface area contributed by atoms with Crippen LogP contribution in [0.15, 0.2) is 18.2 Å². The third kappa shape index (κ3) is 3.70. The largest absolute Gasteiger partial charge is 0.339 e. The summed E-state index contributed by atoms with van der Waals surface area (Å²) in [5.41, 5.74) is 2.18. The van der Waals surface area contributed by atoms with E-state index >= 15 is 0 Å². The Labute approximate surface area is 161 Å². The summed E-state index contributed by atoms with van der Waals surface area (Å²) in [4.78, 5) is 33.7. The number of carbonyl (C=O) groups is 2. The van der Waals surface area contributed by atoms with E-state index in [1.54, 1.807) is 0 Å². The molecule has 1 aliphatic heterocycles. The highest BCUT2D eigenvalue weighted by Gasteiger charge is 2.31. The molecular weight excluding hydrogens is 340 g/mol. The number of nitrogens with zero attached hydrogens (tertiary/aromatic N) is 4. The number of carbonyl (C=O) groups excluding carboxylic acids is 2. The van der Waals surface area contributed by atoms with Crippen LogP contribution < -0.4 is 0 Å². The van der Waals surface area contributed by atoms with Crippen molar-refractivity contribution in [1.29, 1.82) is 0 Å². The van der Waals surface area contributed by atoms with Crippen molar-refractivity contribution in [3.63, 3.8) is 0 Å². The molecule has 1 saturated heterocycles. The average Bonchev–Trinajstić information content (AvgIpc) is 2.94. The van der Waals surface area contributed by atoms with Crippen LogP contribution in [-0.2, 0) is 4.79 Å². The number of hydrogen-bond acceptors (Lipinski definition) is 3. The fourth-order valence-corrected chi connectivity index (χ4v) is 3.77. The molecule has 1 aromatic carbocycles. The van der Waals surface area contributed by atoms with Gasteiger partial charge < -0.3 is 14.4 Å². The van der Waals surface area contributed by atoms with Crippen LogP contribution in [0.25, 0.3) is 11.0 Å². The first-order chi connectivity index (χ1) is 12.6. The normalized spacial score (nSPS) is 15.7. The smallest absolute Gasteiger partial charge is 0.254 e. The van der Waals surface area contributed by atoms with E-state index in [4.69, 9.17) is 0 Å². The van der Waals surface area contributed by atoms with E-state index in [2.05, 4.69) is 23.4 Å². The van der Waals surface area contributed by atoms with Crippen molar-refractivity contribution in [1.82, 2.24) is 19.4 Å². The summed E-state index contributed by atoms with van der Waals surface area (Å²) < 4.78 is 2.18. The second-order valence-corrected chi connectivity index (χ2v) is 8.66. The second-order valence-electron chi connectivity index (χ2n) is 8.66. The van der Waals surface area contributed by atoms with E-state index in [0.717, 1.165) is 16.9 Å². The van der Waals surface area contributed by atoms with Crippen molar-refractivity contribution >= 4 is 22.8 Å². The minimum absolute atomic E-state index is 0.0107. The molecule has 3 rings (SSSR count). The number of hydrogen-bond donors (Lipinski definition) is 0. The summed E-state index contributed by atoms with van der Waals surface area (Å²) in [6.45, 7) is 14.4. The predicted molar refractivity (Wildman–Crippen MR) is 107 cm³/mol. The number of fused-ring (bicyclic) bond motifs is 1. The van der Waals surface area contributed by atoms with Gasteiger partial charge in [0.1, 0.15) is 5.82 Å². The minimum Gasteiger partial charge on any atom is -0.339 e. The molecule has 0 radical (unpaired) electrons. The van der Waals surface area contributed by atoms with E-state index < -0.39 is 0 Å². The molecule has 0 aliphatic carbocycles. The quantitative estimate of drug-likeness (QED) is 0.815. The number of aryl methyl sites for hydroxylation is 1. The Hall–Kier alpha value is -2.37. The SMILES string of the molecule is Cc1nc2cc(C(=O)N3CCN(C(=O)C(C)(C)C)CC3)ccc2n1C(C)C. The molecule has 0 bridgehead atoms. The topological polar surface area (TPSA) is 58.4 Å². The van der Waals surface area contributed by atoms with Gasteiger partial charge in [0, 0.05) is 43.2 Å². The van der Waals surface area contributed by atoms with E-state index in [9.17, 15) is 9.59 Å². The summed E-state index contributed by atoms with van der Waals surface area (Å²) in [5.74, 6) is 1.11. The van der Waals surface area contributed by atoms with Crippen LogP contribution in [0.1, 0.15) is 56.8 Å². The summed E-state index contributed by atoms with van der Waals surface area (Å²) in [6, 6.07) is 6.08. The Morgan fingerprint density at radius 3 is 2.19 bits per heavy atom. The fraction of sp³-hybridized carbons (Fsp3) is 0.571. The lowest BCUT2D eigenvalue weighted by atomic mass is 9.94. The van der Waals surface area contributed by atoms with Crippen molar-refractivity contribution in [3.05, 3.63) is 29.6 Å². The molecule has 1 fully saturated rings. The van der Waals surface area contributed by atoms with Gasteiger partial charge in [0.15, 0.2) is 0 Å². The zero-order valence-electron chi connectivity index (χ0n) is 17.2.